The first kappa shape index (κ1) is 15.8. The lowest BCUT2D eigenvalue weighted by molar-refractivity contribution is 0.0918. The number of aromatic nitrogens is 4. The van der Waals surface area contributed by atoms with Gasteiger partial charge in [0.1, 0.15) is 11.5 Å². The van der Waals surface area contributed by atoms with Crippen molar-refractivity contribution in [3.63, 3.8) is 0 Å². The third-order valence-electron chi connectivity index (χ3n) is 4.45. The largest absolute Gasteiger partial charge is 0.379 e. The number of nitrogens with one attached hydrogen (secondary N) is 1. The predicted octanol–water partition coefficient (Wildman–Crippen LogP) is 1.32. The lowest BCUT2D eigenvalue weighted by Crippen LogP contribution is -2.41. The standard InChI is InChI=1S/C17H19N5O3/c1-10-6-13(25-21-10)7-12-8-24-9-14(12)20-16(23)15-11(2)19-17-18-4-3-5-22(15)17/h3-6,12,14H,7-9H2,1-2H3,(H,20,23). The third kappa shape index (κ3) is 3.00. The normalized spacial score (nSPS) is 20.2. The van der Waals surface area contributed by atoms with E-state index in [1.54, 1.807) is 22.9 Å². The molecule has 1 aliphatic heterocycles. The topological polar surface area (TPSA) is 94.5 Å². The molecule has 8 nitrogen and oxygen atoms in total. The van der Waals surface area contributed by atoms with E-state index in [4.69, 9.17) is 9.26 Å². The van der Waals surface area contributed by atoms with Crippen LogP contribution < -0.4 is 5.32 Å². The van der Waals surface area contributed by atoms with Gasteiger partial charge in [0, 0.05) is 30.8 Å². The molecule has 4 rings (SSSR count). The number of carbonyl (C=O) groups is 1. The monoisotopic (exact) mass is 341 g/mol. The van der Waals surface area contributed by atoms with E-state index in [1.807, 2.05) is 19.9 Å². The van der Waals surface area contributed by atoms with Crippen molar-refractivity contribution in [2.24, 2.45) is 5.92 Å². The Morgan fingerprint density at radius 1 is 1.40 bits per heavy atom. The van der Waals surface area contributed by atoms with E-state index in [0.29, 0.717) is 36.8 Å². The maximum absolute atomic E-state index is 12.8. The average Bonchev–Trinajstić information content (AvgIpc) is 3.27. The maximum atomic E-state index is 12.8. The summed E-state index contributed by atoms with van der Waals surface area (Å²) in [5, 5.41) is 6.99. The summed E-state index contributed by atoms with van der Waals surface area (Å²) in [5.74, 6) is 1.30. The summed E-state index contributed by atoms with van der Waals surface area (Å²) in [5.41, 5.74) is 2.00. The van der Waals surface area contributed by atoms with Gasteiger partial charge in [-0.05, 0) is 19.9 Å². The lowest BCUT2D eigenvalue weighted by Gasteiger charge is -2.18. The van der Waals surface area contributed by atoms with Gasteiger partial charge in [-0.2, -0.15) is 0 Å². The summed E-state index contributed by atoms with van der Waals surface area (Å²) in [6.07, 6.45) is 4.13. The van der Waals surface area contributed by atoms with E-state index >= 15 is 0 Å². The molecule has 0 saturated carbocycles. The molecule has 1 fully saturated rings. The average molecular weight is 341 g/mol. The van der Waals surface area contributed by atoms with Gasteiger partial charge in [-0.1, -0.05) is 5.16 Å². The van der Waals surface area contributed by atoms with Crippen LogP contribution in [-0.2, 0) is 11.2 Å². The van der Waals surface area contributed by atoms with E-state index in [1.165, 1.54) is 0 Å². The van der Waals surface area contributed by atoms with Crippen LogP contribution in [0.4, 0.5) is 0 Å². The van der Waals surface area contributed by atoms with Crippen molar-refractivity contribution in [3.8, 4) is 0 Å². The quantitative estimate of drug-likeness (QED) is 0.769. The molecule has 0 aliphatic carbocycles. The number of carbonyl (C=O) groups excluding carboxylic acids is 1. The highest BCUT2D eigenvalue weighted by molar-refractivity contribution is 5.94. The van der Waals surface area contributed by atoms with Crippen molar-refractivity contribution in [2.75, 3.05) is 13.2 Å². The minimum absolute atomic E-state index is 0.0838. The molecule has 1 aliphatic rings. The second-order valence-corrected chi connectivity index (χ2v) is 6.35. The molecular weight excluding hydrogens is 322 g/mol. The van der Waals surface area contributed by atoms with E-state index in [0.717, 1.165) is 11.5 Å². The molecular formula is C17H19N5O3. The van der Waals surface area contributed by atoms with Gasteiger partial charge >= 0.3 is 0 Å². The maximum Gasteiger partial charge on any atom is 0.270 e. The van der Waals surface area contributed by atoms with Crippen molar-refractivity contribution < 1.29 is 14.1 Å². The molecule has 3 aromatic heterocycles. The molecule has 2 atom stereocenters. The number of fused-ring (bicyclic) bond motifs is 1. The SMILES string of the molecule is Cc1cc(CC2COCC2NC(=O)c2c(C)nc3ncccn23)on1. The van der Waals surface area contributed by atoms with Crippen molar-refractivity contribution in [3.05, 3.63) is 47.4 Å². The van der Waals surface area contributed by atoms with Crippen LogP contribution in [0.5, 0.6) is 0 Å². The van der Waals surface area contributed by atoms with Crippen molar-refractivity contribution >= 4 is 11.7 Å². The number of aryl methyl sites for hydroxylation is 2. The summed E-state index contributed by atoms with van der Waals surface area (Å²) >= 11 is 0. The van der Waals surface area contributed by atoms with Gasteiger partial charge in [-0.15, -0.1) is 0 Å². The van der Waals surface area contributed by atoms with Crippen LogP contribution in [0.3, 0.4) is 0 Å². The van der Waals surface area contributed by atoms with Gasteiger partial charge in [-0.25, -0.2) is 9.97 Å². The summed E-state index contributed by atoms with van der Waals surface area (Å²) in [7, 11) is 0. The molecule has 1 N–H and O–H groups in total. The molecule has 130 valence electrons. The van der Waals surface area contributed by atoms with Crippen LogP contribution in [0.2, 0.25) is 0 Å². The number of rotatable bonds is 4. The fraction of sp³-hybridized carbons (Fsp3) is 0.412. The second-order valence-electron chi connectivity index (χ2n) is 6.35. The van der Waals surface area contributed by atoms with Crippen LogP contribution in [0.15, 0.2) is 29.0 Å². The van der Waals surface area contributed by atoms with Gasteiger partial charge in [0.25, 0.3) is 5.91 Å². The second kappa shape index (κ2) is 6.29. The van der Waals surface area contributed by atoms with Crippen LogP contribution in [0.25, 0.3) is 5.78 Å². The van der Waals surface area contributed by atoms with Crippen LogP contribution in [0, 0.1) is 19.8 Å². The van der Waals surface area contributed by atoms with Crippen LogP contribution >= 0.6 is 0 Å². The number of ether oxygens (including phenoxy) is 1. The zero-order chi connectivity index (χ0) is 17.4. The van der Waals surface area contributed by atoms with Crippen molar-refractivity contribution in [1.82, 2.24) is 24.8 Å². The molecule has 25 heavy (non-hydrogen) atoms. The molecule has 0 radical (unpaired) electrons. The zero-order valence-corrected chi connectivity index (χ0v) is 14.1. The van der Waals surface area contributed by atoms with Gasteiger partial charge in [-0.3, -0.25) is 9.20 Å². The minimum atomic E-state index is -0.174. The fourth-order valence-electron chi connectivity index (χ4n) is 3.24. The fourth-order valence-corrected chi connectivity index (χ4v) is 3.24. The summed E-state index contributed by atoms with van der Waals surface area (Å²) in [6, 6.07) is 3.61. The first-order valence-electron chi connectivity index (χ1n) is 8.22. The Labute approximate surface area is 144 Å². The highest BCUT2D eigenvalue weighted by atomic mass is 16.5. The Morgan fingerprint density at radius 3 is 3.08 bits per heavy atom. The molecule has 0 aromatic carbocycles. The van der Waals surface area contributed by atoms with E-state index < -0.39 is 0 Å². The molecule has 2 unspecified atom stereocenters. The number of hydrogen-bond acceptors (Lipinski definition) is 6. The van der Waals surface area contributed by atoms with Gasteiger partial charge in [0.2, 0.25) is 5.78 Å². The van der Waals surface area contributed by atoms with Gasteiger partial charge in [0.05, 0.1) is 30.6 Å². The third-order valence-corrected chi connectivity index (χ3v) is 4.45. The Hall–Kier alpha value is -2.74. The summed E-state index contributed by atoms with van der Waals surface area (Å²) < 4.78 is 12.6. The Kier molecular flexibility index (Phi) is 3.96. The first-order chi connectivity index (χ1) is 12.1. The molecule has 0 bridgehead atoms. The molecule has 8 heteroatoms. The number of amides is 1. The number of nitrogens with zero attached hydrogens (tertiary/aromatic N) is 4. The molecule has 4 heterocycles. The molecule has 1 amide bonds. The first-order valence-corrected chi connectivity index (χ1v) is 8.22. The van der Waals surface area contributed by atoms with Crippen molar-refractivity contribution in [1.29, 1.82) is 0 Å². The smallest absolute Gasteiger partial charge is 0.270 e. The highest BCUT2D eigenvalue weighted by Gasteiger charge is 2.32. The van der Waals surface area contributed by atoms with E-state index in [-0.39, 0.29) is 17.9 Å². The van der Waals surface area contributed by atoms with Crippen LogP contribution in [-0.4, -0.2) is 44.7 Å². The number of hydrogen-bond donors (Lipinski definition) is 1. The van der Waals surface area contributed by atoms with Gasteiger partial charge < -0.3 is 14.6 Å². The molecule has 1 saturated heterocycles. The summed E-state index contributed by atoms with van der Waals surface area (Å²) in [4.78, 5) is 21.3. The van der Waals surface area contributed by atoms with Crippen molar-refractivity contribution in [2.45, 2.75) is 26.3 Å². The highest BCUT2D eigenvalue weighted by Crippen LogP contribution is 2.20. The Morgan fingerprint density at radius 2 is 2.28 bits per heavy atom. The van der Waals surface area contributed by atoms with E-state index in [9.17, 15) is 4.79 Å². The Bertz CT molecular complexity index is 916. The molecule has 0 spiro atoms. The van der Waals surface area contributed by atoms with Gasteiger partial charge in [0.15, 0.2) is 0 Å². The summed E-state index contributed by atoms with van der Waals surface area (Å²) in [6.45, 7) is 4.76. The lowest BCUT2D eigenvalue weighted by atomic mass is 9.98. The zero-order valence-electron chi connectivity index (χ0n) is 14.1. The molecule has 3 aromatic rings. The van der Waals surface area contributed by atoms with E-state index in [2.05, 4.69) is 20.4 Å². The minimum Gasteiger partial charge on any atom is -0.379 e. The Balaban J connectivity index is 1.52. The number of imidazole rings is 1. The van der Waals surface area contributed by atoms with Crippen LogP contribution in [0.1, 0.15) is 27.6 Å². The predicted molar refractivity (Wildman–Crippen MR) is 88.2 cm³/mol.